The average Bonchev–Trinajstić information content (AvgIpc) is 3.04. The Morgan fingerprint density at radius 1 is 1.38 bits per heavy atom. The van der Waals surface area contributed by atoms with Gasteiger partial charge in [-0.05, 0) is 37.6 Å². The van der Waals surface area contributed by atoms with Crippen molar-refractivity contribution in [3.8, 4) is 0 Å². The van der Waals surface area contributed by atoms with Crippen LogP contribution in [0.15, 0.2) is 34.9 Å². The summed E-state index contributed by atoms with van der Waals surface area (Å²) in [6.07, 6.45) is 1.67. The fourth-order valence-electron chi connectivity index (χ4n) is 2.58. The van der Waals surface area contributed by atoms with Crippen molar-refractivity contribution in [3.63, 3.8) is 0 Å². The molecule has 5 heteroatoms. The van der Waals surface area contributed by atoms with Crippen molar-refractivity contribution in [2.75, 3.05) is 0 Å². The van der Waals surface area contributed by atoms with Crippen LogP contribution in [0.3, 0.4) is 0 Å². The Balaban J connectivity index is 2.07. The van der Waals surface area contributed by atoms with Gasteiger partial charge in [0.25, 0.3) is 0 Å². The summed E-state index contributed by atoms with van der Waals surface area (Å²) in [7, 11) is 0. The zero-order chi connectivity index (χ0) is 15.0. The number of rotatable bonds is 4. The first-order valence-electron chi connectivity index (χ1n) is 7.00. The van der Waals surface area contributed by atoms with E-state index >= 15 is 0 Å². The third kappa shape index (κ3) is 2.34. The molecule has 0 aliphatic carbocycles. The van der Waals surface area contributed by atoms with Crippen LogP contribution in [0.5, 0.6) is 0 Å². The number of hydrogen-bond donors (Lipinski definition) is 1. The zero-order valence-corrected chi connectivity index (χ0v) is 12.0. The van der Waals surface area contributed by atoms with Gasteiger partial charge in [-0.15, -0.1) is 0 Å². The fourth-order valence-corrected chi connectivity index (χ4v) is 2.58. The van der Waals surface area contributed by atoms with Crippen molar-refractivity contribution in [2.24, 2.45) is 0 Å². The molecule has 110 valence electrons. The van der Waals surface area contributed by atoms with E-state index in [4.69, 9.17) is 4.42 Å². The standard InChI is InChI=1S/C16H17FN2O2/c1-3-8-19-13(6-7-18-19)15(20)16-10(2)12-9-11(17)4-5-14(12)21-16/h4-7,9,15,20H,3,8H2,1-2H3. The Kier molecular flexibility index (Phi) is 3.51. The monoisotopic (exact) mass is 288 g/mol. The summed E-state index contributed by atoms with van der Waals surface area (Å²) in [5.41, 5.74) is 2.00. The molecule has 0 saturated carbocycles. The highest BCUT2D eigenvalue weighted by Gasteiger charge is 2.23. The SMILES string of the molecule is CCCn1nccc1C(O)c1oc2ccc(F)cc2c1C. The molecule has 21 heavy (non-hydrogen) atoms. The third-order valence-electron chi connectivity index (χ3n) is 3.65. The van der Waals surface area contributed by atoms with Crippen LogP contribution in [-0.2, 0) is 6.54 Å². The van der Waals surface area contributed by atoms with Gasteiger partial charge in [-0.1, -0.05) is 6.92 Å². The van der Waals surface area contributed by atoms with Gasteiger partial charge in [-0.2, -0.15) is 5.10 Å². The van der Waals surface area contributed by atoms with Crippen molar-refractivity contribution < 1.29 is 13.9 Å². The predicted octanol–water partition coefficient (Wildman–Crippen LogP) is 3.57. The topological polar surface area (TPSA) is 51.2 Å². The van der Waals surface area contributed by atoms with Gasteiger partial charge in [0.2, 0.25) is 0 Å². The minimum Gasteiger partial charge on any atom is -0.458 e. The smallest absolute Gasteiger partial charge is 0.153 e. The van der Waals surface area contributed by atoms with E-state index in [0.717, 1.165) is 18.5 Å². The van der Waals surface area contributed by atoms with Crippen molar-refractivity contribution in [2.45, 2.75) is 32.9 Å². The van der Waals surface area contributed by atoms with E-state index in [1.165, 1.54) is 12.1 Å². The summed E-state index contributed by atoms with van der Waals surface area (Å²) in [6.45, 7) is 4.60. The summed E-state index contributed by atoms with van der Waals surface area (Å²) in [5.74, 6) is 0.122. The molecule has 0 spiro atoms. The highest BCUT2D eigenvalue weighted by atomic mass is 19.1. The average molecular weight is 288 g/mol. The number of nitrogens with zero attached hydrogens (tertiary/aromatic N) is 2. The van der Waals surface area contributed by atoms with E-state index in [-0.39, 0.29) is 5.82 Å². The number of benzene rings is 1. The molecule has 3 rings (SSSR count). The quantitative estimate of drug-likeness (QED) is 0.798. The summed E-state index contributed by atoms with van der Waals surface area (Å²) >= 11 is 0. The molecule has 1 atom stereocenters. The number of hydrogen-bond acceptors (Lipinski definition) is 3. The summed E-state index contributed by atoms with van der Waals surface area (Å²) in [5, 5.41) is 15.5. The van der Waals surface area contributed by atoms with Crippen LogP contribution in [0.1, 0.15) is 36.5 Å². The predicted molar refractivity (Wildman–Crippen MR) is 77.5 cm³/mol. The maximum Gasteiger partial charge on any atom is 0.153 e. The Morgan fingerprint density at radius 2 is 2.19 bits per heavy atom. The van der Waals surface area contributed by atoms with Gasteiger partial charge < -0.3 is 9.52 Å². The van der Waals surface area contributed by atoms with E-state index < -0.39 is 6.10 Å². The molecule has 1 N–H and O–H groups in total. The second-order valence-corrected chi connectivity index (χ2v) is 5.11. The molecule has 3 aromatic rings. The maximum absolute atomic E-state index is 13.3. The molecule has 4 nitrogen and oxygen atoms in total. The van der Waals surface area contributed by atoms with Gasteiger partial charge in [0, 0.05) is 23.7 Å². The largest absolute Gasteiger partial charge is 0.458 e. The molecule has 0 aliphatic heterocycles. The number of aliphatic hydroxyl groups excluding tert-OH is 1. The molecule has 2 heterocycles. The van der Waals surface area contributed by atoms with Gasteiger partial charge >= 0.3 is 0 Å². The zero-order valence-electron chi connectivity index (χ0n) is 12.0. The molecule has 0 saturated heterocycles. The van der Waals surface area contributed by atoms with Crippen molar-refractivity contribution in [3.05, 3.63) is 53.3 Å². The lowest BCUT2D eigenvalue weighted by molar-refractivity contribution is 0.180. The van der Waals surface area contributed by atoms with Crippen molar-refractivity contribution in [1.29, 1.82) is 0 Å². The summed E-state index contributed by atoms with van der Waals surface area (Å²) < 4.78 is 20.8. The van der Waals surface area contributed by atoms with Crippen LogP contribution in [0.4, 0.5) is 4.39 Å². The Morgan fingerprint density at radius 3 is 2.95 bits per heavy atom. The van der Waals surface area contributed by atoms with Crippen LogP contribution >= 0.6 is 0 Å². The van der Waals surface area contributed by atoms with E-state index in [1.54, 1.807) is 23.0 Å². The van der Waals surface area contributed by atoms with E-state index in [9.17, 15) is 9.50 Å². The highest BCUT2D eigenvalue weighted by Crippen LogP contribution is 2.33. The number of aliphatic hydroxyl groups is 1. The molecule has 0 radical (unpaired) electrons. The second-order valence-electron chi connectivity index (χ2n) is 5.11. The fraction of sp³-hybridized carbons (Fsp3) is 0.312. The first kappa shape index (κ1) is 13.8. The molecule has 2 aromatic heterocycles. The first-order chi connectivity index (χ1) is 10.1. The number of halogens is 1. The van der Waals surface area contributed by atoms with Crippen LogP contribution in [0, 0.1) is 12.7 Å². The van der Waals surface area contributed by atoms with Crippen LogP contribution in [0.25, 0.3) is 11.0 Å². The van der Waals surface area contributed by atoms with E-state index in [2.05, 4.69) is 5.10 Å². The van der Waals surface area contributed by atoms with Crippen LogP contribution in [-0.4, -0.2) is 14.9 Å². The van der Waals surface area contributed by atoms with Gasteiger partial charge in [0.15, 0.2) is 6.10 Å². The Bertz CT molecular complexity index is 776. The van der Waals surface area contributed by atoms with Crippen molar-refractivity contribution >= 4 is 11.0 Å². The molecular formula is C16H17FN2O2. The normalized spacial score (nSPS) is 13.0. The molecule has 1 unspecified atom stereocenters. The number of fused-ring (bicyclic) bond motifs is 1. The number of furan rings is 1. The molecule has 0 amide bonds. The van der Waals surface area contributed by atoms with Gasteiger partial charge in [0.05, 0.1) is 5.69 Å². The lowest BCUT2D eigenvalue weighted by Crippen LogP contribution is -2.10. The number of aromatic nitrogens is 2. The first-order valence-corrected chi connectivity index (χ1v) is 7.00. The lowest BCUT2D eigenvalue weighted by Gasteiger charge is -2.11. The number of aryl methyl sites for hydroxylation is 2. The van der Waals surface area contributed by atoms with Crippen LogP contribution in [0.2, 0.25) is 0 Å². The Hall–Kier alpha value is -2.14. The van der Waals surface area contributed by atoms with Gasteiger partial charge in [-0.25, -0.2) is 4.39 Å². The Labute approximate surface area is 121 Å². The molecule has 0 bridgehead atoms. The van der Waals surface area contributed by atoms with Crippen LogP contribution < -0.4 is 0 Å². The maximum atomic E-state index is 13.3. The molecular weight excluding hydrogens is 271 g/mol. The summed E-state index contributed by atoms with van der Waals surface area (Å²) in [6, 6.07) is 6.13. The van der Waals surface area contributed by atoms with Gasteiger partial charge in [-0.3, -0.25) is 4.68 Å². The van der Waals surface area contributed by atoms with Gasteiger partial charge in [0.1, 0.15) is 17.2 Å². The minimum atomic E-state index is -0.908. The highest BCUT2D eigenvalue weighted by molar-refractivity contribution is 5.82. The van der Waals surface area contributed by atoms with E-state index in [1.807, 2.05) is 13.8 Å². The third-order valence-corrected chi connectivity index (χ3v) is 3.65. The minimum absolute atomic E-state index is 0.316. The second kappa shape index (κ2) is 5.33. The molecule has 1 aromatic carbocycles. The molecule has 0 fully saturated rings. The summed E-state index contributed by atoms with van der Waals surface area (Å²) in [4.78, 5) is 0. The van der Waals surface area contributed by atoms with Crippen molar-refractivity contribution in [1.82, 2.24) is 9.78 Å². The molecule has 0 aliphatic rings. The van der Waals surface area contributed by atoms with E-state index in [0.29, 0.717) is 22.4 Å². The lowest BCUT2D eigenvalue weighted by atomic mass is 10.1.